The quantitative estimate of drug-likeness (QED) is 0.509. The maximum atomic E-state index is 14.4. The van der Waals surface area contributed by atoms with Crippen LogP contribution in [0.3, 0.4) is 0 Å². The number of imidazole rings is 1. The molecule has 0 aromatic carbocycles. The van der Waals surface area contributed by atoms with Crippen LogP contribution in [-0.2, 0) is 11.8 Å². The number of halogens is 2. The van der Waals surface area contributed by atoms with Crippen LogP contribution in [0.15, 0.2) is 24.7 Å². The standard InChI is InChI=1S/C17H17F2N9O/c1-27-6-12(28-16-9(5-23-28)14(20)25-17(21)26-16)24-15(27)10(7-29-2)13-11(19)3-8(18)4-22-13/h3-6,10H,7H2,1-2H3,(H4,20,21,25,26). The number of anilines is 2. The van der Waals surface area contributed by atoms with Gasteiger partial charge >= 0.3 is 0 Å². The summed E-state index contributed by atoms with van der Waals surface area (Å²) in [4.78, 5) is 16.5. The summed E-state index contributed by atoms with van der Waals surface area (Å²) < 4.78 is 36.0. The highest BCUT2D eigenvalue weighted by atomic mass is 19.1. The van der Waals surface area contributed by atoms with Crippen LogP contribution < -0.4 is 11.5 Å². The first-order chi connectivity index (χ1) is 13.9. The Kier molecular flexibility index (Phi) is 4.54. The number of fused-ring (bicyclic) bond motifs is 1. The summed E-state index contributed by atoms with van der Waals surface area (Å²) in [6, 6.07) is 0.776. The van der Waals surface area contributed by atoms with Crippen molar-refractivity contribution >= 4 is 22.8 Å². The van der Waals surface area contributed by atoms with Crippen LogP contribution in [0.1, 0.15) is 17.4 Å². The minimum atomic E-state index is -0.783. The van der Waals surface area contributed by atoms with E-state index in [1.807, 2.05) is 0 Å². The molecular weight excluding hydrogens is 384 g/mol. The largest absolute Gasteiger partial charge is 0.384 e. The zero-order chi connectivity index (χ0) is 20.7. The molecular formula is C17H17F2N9O. The van der Waals surface area contributed by atoms with E-state index in [-0.39, 0.29) is 24.1 Å². The Morgan fingerprint density at radius 3 is 2.69 bits per heavy atom. The number of ether oxygens (including phenoxy) is 1. The van der Waals surface area contributed by atoms with Crippen LogP contribution in [0.5, 0.6) is 0 Å². The van der Waals surface area contributed by atoms with Crippen LogP contribution in [0.2, 0.25) is 0 Å². The van der Waals surface area contributed by atoms with E-state index in [9.17, 15) is 8.78 Å². The highest BCUT2D eigenvalue weighted by Gasteiger charge is 2.26. The van der Waals surface area contributed by atoms with Gasteiger partial charge in [-0.25, -0.2) is 13.8 Å². The average Bonchev–Trinajstić information content (AvgIpc) is 3.24. The van der Waals surface area contributed by atoms with Crippen molar-refractivity contribution in [1.82, 2.24) is 34.3 Å². The van der Waals surface area contributed by atoms with Gasteiger partial charge in [0.2, 0.25) is 5.95 Å². The topological polar surface area (TPSA) is 136 Å². The molecule has 4 N–H and O–H groups in total. The molecule has 0 amide bonds. The van der Waals surface area contributed by atoms with Gasteiger partial charge in [0.1, 0.15) is 23.3 Å². The molecule has 0 saturated heterocycles. The second-order valence-electron chi connectivity index (χ2n) is 6.36. The van der Waals surface area contributed by atoms with Crippen molar-refractivity contribution in [2.75, 3.05) is 25.2 Å². The van der Waals surface area contributed by atoms with Crippen molar-refractivity contribution in [3.8, 4) is 5.82 Å². The van der Waals surface area contributed by atoms with E-state index >= 15 is 0 Å². The minimum absolute atomic E-state index is 0.00254. The molecule has 0 aliphatic carbocycles. The highest BCUT2D eigenvalue weighted by Crippen LogP contribution is 2.27. The number of hydrogen-bond donors (Lipinski definition) is 2. The Bertz CT molecular complexity index is 1200. The predicted molar refractivity (Wildman–Crippen MR) is 100 cm³/mol. The molecule has 150 valence electrons. The smallest absolute Gasteiger partial charge is 0.224 e. The fraction of sp³-hybridized carbons (Fsp3) is 0.235. The number of aromatic nitrogens is 7. The van der Waals surface area contributed by atoms with Gasteiger partial charge in [-0.3, -0.25) is 4.98 Å². The van der Waals surface area contributed by atoms with Gasteiger partial charge in [-0.1, -0.05) is 0 Å². The van der Waals surface area contributed by atoms with Crippen molar-refractivity contribution in [2.45, 2.75) is 5.92 Å². The first-order valence-corrected chi connectivity index (χ1v) is 8.49. The van der Waals surface area contributed by atoms with E-state index in [0.29, 0.717) is 22.7 Å². The minimum Gasteiger partial charge on any atom is -0.384 e. The Labute approximate surface area is 163 Å². The lowest BCUT2D eigenvalue weighted by Gasteiger charge is -2.15. The number of nitrogen functional groups attached to an aromatic ring is 2. The summed E-state index contributed by atoms with van der Waals surface area (Å²) >= 11 is 0. The van der Waals surface area contributed by atoms with Gasteiger partial charge in [-0.15, -0.1) is 0 Å². The molecule has 0 saturated carbocycles. The zero-order valence-electron chi connectivity index (χ0n) is 15.5. The van der Waals surface area contributed by atoms with E-state index in [1.54, 1.807) is 17.8 Å². The first kappa shape index (κ1) is 18.7. The molecule has 10 nitrogen and oxygen atoms in total. The lowest BCUT2D eigenvalue weighted by atomic mass is 10.0. The zero-order valence-corrected chi connectivity index (χ0v) is 15.5. The summed E-state index contributed by atoms with van der Waals surface area (Å²) in [7, 11) is 3.21. The maximum absolute atomic E-state index is 14.4. The van der Waals surface area contributed by atoms with Crippen LogP contribution >= 0.6 is 0 Å². The monoisotopic (exact) mass is 401 g/mol. The summed E-state index contributed by atoms with van der Waals surface area (Å²) in [5, 5.41) is 4.78. The fourth-order valence-electron chi connectivity index (χ4n) is 3.13. The normalized spacial score (nSPS) is 12.6. The third-order valence-electron chi connectivity index (χ3n) is 4.40. The molecule has 4 heterocycles. The Hall–Kier alpha value is -3.67. The molecule has 0 aliphatic rings. The Morgan fingerprint density at radius 1 is 1.17 bits per heavy atom. The molecule has 1 atom stereocenters. The Morgan fingerprint density at radius 2 is 1.97 bits per heavy atom. The fourth-order valence-corrected chi connectivity index (χ4v) is 3.13. The summed E-state index contributed by atoms with van der Waals surface area (Å²) in [5.41, 5.74) is 12.0. The average molecular weight is 401 g/mol. The van der Waals surface area contributed by atoms with Crippen LogP contribution in [0.4, 0.5) is 20.5 Å². The first-order valence-electron chi connectivity index (χ1n) is 8.49. The van der Waals surface area contributed by atoms with Crippen LogP contribution in [-0.4, -0.2) is 48.0 Å². The van der Waals surface area contributed by atoms with Gasteiger partial charge < -0.3 is 20.8 Å². The number of aryl methyl sites for hydroxylation is 1. The van der Waals surface area contributed by atoms with Gasteiger partial charge in [-0.2, -0.15) is 19.7 Å². The maximum Gasteiger partial charge on any atom is 0.224 e. The molecule has 4 rings (SSSR count). The number of methoxy groups -OCH3 is 1. The van der Waals surface area contributed by atoms with Gasteiger partial charge in [-0.05, 0) is 0 Å². The van der Waals surface area contributed by atoms with Gasteiger partial charge in [0.25, 0.3) is 0 Å². The van der Waals surface area contributed by atoms with Crippen molar-refractivity contribution in [2.24, 2.45) is 7.05 Å². The molecule has 0 aliphatic heterocycles. The summed E-state index contributed by atoms with van der Waals surface area (Å²) in [5.74, 6) is -1.18. The SMILES string of the molecule is COCC(c1ncc(F)cc1F)c1nc(-n2ncc3c(N)nc(N)nc32)cn1C. The third kappa shape index (κ3) is 3.23. The second-order valence-corrected chi connectivity index (χ2v) is 6.36. The second kappa shape index (κ2) is 7.05. The number of nitrogens with two attached hydrogens (primary N) is 2. The number of pyridine rings is 1. The van der Waals surface area contributed by atoms with Gasteiger partial charge in [0, 0.05) is 26.4 Å². The molecule has 0 bridgehead atoms. The summed E-state index contributed by atoms with van der Waals surface area (Å²) in [6.07, 6.45) is 4.14. The van der Waals surface area contributed by atoms with Crippen LogP contribution in [0.25, 0.3) is 16.9 Å². The van der Waals surface area contributed by atoms with Crippen molar-refractivity contribution in [3.63, 3.8) is 0 Å². The predicted octanol–water partition coefficient (Wildman–Crippen LogP) is 1.16. The van der Waals surface area contributed by atoms with Crippen molar-refractivity contribution in [1.29, 1.82) is 0 Å². The van der Waals surface area contributed by atoms with Gasteiger partial charge in [0.05, 0.1) is 36.0 Å². The molecule has 1 unspecified atom stereocenters. The molecule has 4 aromatic heterocycles. The number of nitrogens with zero attached hydrogens (tertiary/aromatic N) is 7. The number of hydrogen-bond acceptors (Lipinski definition) is 8. The van der Waals surface area contributed by atoms with E-state index in [0.717, 1.165) is 12.3 Å². The van der Waals surface area contributed by atoms with E-state index in [1.165, 1.54) is 18.0 Å². The van der Waals surface area contributed by atoms with Gasteiger partial charge in [0.15, 0.2) is 11.5 Å². The van der Waals surface area contributed by atoms with E-state index < -0.39 is 17.6 Å². The Balaban J connectivity index is 1.83. The highest BCUT2D eigenvalue weighted by molar-refractivity contribution is 5.86. The van der Waals surface area contributed by atoms with E-state index in [4.69, 9.17) is 16.2 Å². The lowest BCUT2D eigenvalue weighted by Crippen LogP contribution is -2.16. The van der Waals surface area contributed by atoms with Crippen LogP contribution in [0, 0.1) is 11.6 Å². The van der Waals surface area contributed by atoms with E-state index in [2.05, 4.69) is 25.0 Å². The van der Waals surface area contributed by atoms with Crippen molar-refractivity contribution < 1.29 is 13.5 Å². The summed E-state index contributed by atoms with van der Waals surface area (Å²) in [6.45, 7) is 0.0851. The molecule has 0 radical (unpaired) electrons. The molecule has 0 spiro atoms. The lowest BCUT2D eigenvalue weighted by molar-refractivity contribution is 0.183. The number of rotatable bonds is 5. The molecule has 12 heteroatoms. The third-order valence-corrected chi connectivity index (χ3v) is 4.40. The van der Waals surface area contributed by atoms with Crippen molar-refractivity contribution in [3.05, 3.63) is 47.8 Å². The molecule has 29 heavy (non-hydrogen) atoms. The molecule has 0 fully saturated rings. The molecule has 4 aromatic rings.